The van der Waals surface area contributed by atoms with Crippen LogP contribution in [-0.4, -0.2) is 55.5 Å². The minimum atomic E-state index is 0.0124. The van der Waals surface area contributed by atoms with Crippen LogP contribution in [0.25, 0.3) is 0 Å². The molecule has 100 valence electrons. The van der Waals surface area contributed by atoms with Gasteiger partial charge in [0.05, 0.1) is 5.92 Å². The fraction of sp³-hybridized carbons (Fsp3) is 0.923. The van der Waals surface area contributed by atoms with E-state index in [1.54, 1.807) is 0 Å². The Kier molecular flexibility index (Phi) is 5.92. The largest absolute Gasteiger partial charge is 0.341 e. The quantitative estimate of drug-likeness (QED) is 0.791. The molecule has 1 rings (SSSR count). The third-order valence-electron chi connectivity index (χ3n) is 3.42. The van der Waals surface area contributed by atoms with Gasteiger partial charge in [-0.3, -0.25) is 4.79 Å². The highest BCUT2D eigenvalue weighted by atomic mass is 16.2. The van der Waals surface area contributed by atoms with Gasteiger partial charge in [-0.05, 0) is 32.4 Å². The van der Waals surface area contributed by atoms with Crippen molar-refractivity contribution >= 4 is 5.91 Å². The second-order valence-corrected chi connectivity index (χ2v) is 5.54. The van der Waals surface area contributed by atoms with Crippen LogP contribution < -0.4 is 5.73 Å². The first-order valence-electron chi connectivity index (χ1n) is 6.72. The van der Waals surface area contributed by atoms with Crippen LogP contribution in [0.5, 0.6) is 0 Å². The minimum Gasteiger partial charge on any atom is -0.341 e. The number of nitrogens with two attached hydrogens (primary N) is 1. The monoisotopic (exact) mass is 241 g/mol. The van der Waals surface area contributed by atoms with Crippen molar-refractivity contribution in [3.05, 3.63) is 0 Å². The summed E-state index contributed by atoms with van der Waals surface area (Å²) in [6.07, 6.45) is 1.98. The summed E-state index contributed by atoms with van der Waals surface area (Å²) in [5.41, 5.74) is 5.74. The Labute approximate surface area is 105 Å². The summed E-state index contributed by atoms with van der Waals surface area (Å²) < 4.78 is 0. The van der Waals surface area contributed by atoms with E-state index in [0.29, 0.717) is 12.5 Å². The van der Waals surface area contributed by atoms with Gasteiger partial charge in [-0.15, -0.1) is 0 Å². The van der Waals surface area contributed by atoms with Crippen molar-refractivity contribution in [1.29, 1.82) is 0 Å². The first-order valence-corrected chi connectivity index (χ1v) is 6.72. The van der Waals surface area contributed by atoms with E-state index in [4.69, 9.17) is 5.73 Å². The Morgan fingerprint density at radius 1 is 1.24 bits per heavy atom. The van der Waals surface area contributed by atoms with Crippen LogP contribution in [0.2, 0.25) is 0 Å². The zero-order valence-electron chi connectivity index (χ0n) is 11.5. The van der Waals surface area contributed by atoms with E-state index in [2.05, 4.69) is 25.8 Å². The number of carbonyl (C=O) groups is 1. The lowest BCUT2D eigenvalue weighted by atomic mass is 9.96. The number of hydrogen-bond donors (Lipinski definition) is 1. The summed E-state index contributed by atoms with van der Waals surface area (Å²) in [4.78, 5) is 16.6. The molecule has 1 heterocycles. The Balaban J connectivity index is 2.54. The lowest BCUT2D eigenvalue weighted by Gasteiger charge is -2.26. The van der Waals surface area contributed by atoms with Crippen LogP contribution in [0.3, 0.4) is 0 Å². The van der Waals surface area contributed by atoms with Crippen LogP contribution in [0.1, 0.15) is 26.7 Å². The van der Waals surface area contributed by atoms with Crippen molar-refractivity contribution < 1.29 is 4.79 Å². The second kappa shape index (κ2) is 6.97. The number of likely N-dealkylation sites (N-methyl/N-ethyl adjacent to an activating group) is 1. The summed E-state index contributed by atoms with van der Waals surface area (Å²) in [6, 6.07) is 0. The summed E-state index contributed by atoms with van der Waals surface area (Å²) in [5, 5.41) is 0. The molecule has 1 aliphatic heterocycles. The number of hydrogen-bond acceptors (Lipinski definition) is 3. The van der Waals surface area contributed by atoms with Crippen molar-refractivity contribution in [2.45, 2.75) is 26.7 Å². The summed E-state index contributed by atoms with van der Waals surface area (Å²) in [5.74, 6) is 0.803. The summed E-state index contributed by atoms with van der Waals surface area (Å²) >= 11 is 0. The summed E-state index contributed by atoms with van der Waals surface area (Å²) in [6.45, 7) is 8.56. The van der Waals surface area contributed by atoms with Crippen molar-refractivity contribution in [3.63, 3.8) is 0 Å². The molecule has 0 bridgehead atoms. The molecule has 0 aromatic carbocycles. The molecule has 4 nitrogen and oxygen atoms in total. The highest BCUT2D eigenvalue weighted by molar-refractivity contribution is 5.79. The zero-order valence-corrected chi connectivity index (χ0v) is 11.5. The topological polar surface area (TPSA) is 49.6 Å². The van der Waals surface area contributed by atoms with E-state index >= 15 is 0 Å². The third-order valence-corrected chi connectivity index (χ3v) is 3.42. The van der Waals surface area contributed by atoms with E-state index in [1.807, 2.05) is 4.90 Å². The molecule has 1 aliphatic rings. The minimum absolute atomic E-state index is 0.0124. The molecule has 0 spiro atoms. The first-order chi connectivity index (χ1) is 8.04. The first kappa shape index (κ1) is 14.5. The fourth-order valence-electron chi connectivity index (χ4n) is 2.39. The van der Waals surface area contributed by atoms with Gasteiger partial charge in [0, 0.05) is 26.2 Å². The van der Waals surface area contributed by atoms with Crippen molar-refractivity contribution in [1.82, 2.24) is 9.80 Å². The average Bonchev–Trinajstić information content (AvgIpc) is 2.49. The van der Waals surface area contributed by atoms with Crippen LogP contribution in [-0.2, 0) is 4.79 Å². The molecule has 1 atom stereocenters. The predicted octanol–water partition coefficient (Wildman–Crippen LogP) is 0.772. The molecular weight excluding hydrogens is 214 g/mol. The molecule has 1 unspecified atom stereocenters. The fourth-order valence-corrected chi connectivity index (χ4v) is 2.39. The number of amides is 1. The van der Waals surface area contributed by atoms with Crippen LogP contribution >= 0.6 is 0 Å². The highest BCUT2D eigenvalue weighted by Crippen LogP contribution is 2.15. The molecule has 0 radical (unpaired) electrons. The normalized spacial score (nSPS) is 20.4. The summed E-state index contributed by atoms with van der Waals surface area (Å²) in [7, 11) is 2.11. The van der Waals surface area contributed by atoms with Gasteiger partial charge in [-0.2, -0.15) is 0 Å². The van der Waals surface area contributed by atoms with Crippen molar-refractivity contribution in [2.75, 3.05) is 39.8 Å². The second-order valence-electron chi connectivity index (χ2n) is 5.54. The molecule has 0 aromatic rings. The Morgan fingerprint density at radius 3 is 2.53 bits per heavy atom. The number of carbonyl (C=O) groups excluding carboxylic acids is 1. The molecule has 0 aromatic heterocycles. The van der Waals surface area contributed by atoms with Crippen LogP contribution in [0, 0.1) is 11.8 Å². The standard InChI is InChI=1S/C13H27N3O/c1-11(2)9-12(10-14)13(17)16-6-4-5-15(3)7-8-16/h11-12H,4-10,14H2,1-3H3. The van der Waals surface area contributed by atoms with Crippen LogP contribution in [0.15, 0.2) is 0 Å². The molecule has 1 fully saturated rings. The van der Waals surface area contributed by atoms with E-state index < -0.39 is 0 Å². The maximum absolute atomic E-state index is 12.4. The molecule has 2 N–H and O–H groups in total. The van der Waals surface area contributed by atoms with Gasteiger partial charge in [-0.1, -0.05) is 13.8 Å². The number of nitrogens with zero attached hydrogens (tertiary/aromatic N) is 2. The van der Waals surface area contributed by atoms with Gasteiger partial charge < -0.3 is 15.5 Å². The maximum atomic E-state index is 12.4. The molecular formula is C13H27N3O. The van der Waals surface area contributed by atoms with Gasteiger partial charge in [0.1, 0.15) is 0 Å². The molecule has 1 amide bonds. The van der Waals surface area contributed by atoms with Gasteiger partial charge in [0.15, 0.2) is 0 Å². The SMILES string of the molecule is CC(C)CC(CN)C(=O)N1CCCN(C)CC1. The van der Waals surface area contributed by atoms with Gasteiger partial charge in [-0.25, -0.2) is 0 Å². The van der Waals surface area contributed by atoms with Gasteiger partial charge in [0.2, 0.25) is 5.91 Å². The molecule has 1 saturated heterocycles. The van der Waals surface area contributed by atoms with Crippen molar-refractivity contribution in [3.8, 4) is 0 Å². The molecule has 4 heteroatoms. The smallest absolute Gasteiger partial charge is 0.227 e. The Hall–Kier alpha value is -0.610. The molecule has 0 saturated carbocycles. The lowest BCUT2D eigenvalue weighted by molar-refractivity contribution is -0.135. The van der Waals surface area contributed by atoms with E-state index in [9.17, 15) is 4.79 Å². The predicted molar refractivity (Wildman–Crippen MR) is 70.7 cm³/mol. The zero-order chi connectivity index (χ0) is 12.8. The van der Waals surface area contributed by atoms with Gasteiger partial charge in [0.25, 0.3) is 0 Å². The third kappa shape index (κ3) is 4.64. The average molecular weight is 241 g/mol. The Morgan fingerprint density at radius 2 is 1.94 bits per heavy atom. The van der Waals surface area contributed by atoms with Gasteiger partial charge >= 0.3 is 0 Å². The van der Waals surface area contributed by atoms with E-state index in [0.717, 1.165) is 39.0 Å². The lowest BCUT2D eigenvalue weighted by Crippen LogP contribution is -2.41. The van der Waals surface area contributed by atoms with Crippen LogP contribution in [0.4, 0.5) is 0 Å². The highest BCUT2D eigenvalue weighted by Gasteiger charge is 2.25. The Bertz CT molecular complexity index is 243. The molecule has 17 heavy (non-hydrogen) atoms. The van der Waals surface area contributed by atoms with Crippen molar-refractivity contribution in [2.24, 2.45) is 17.6 Å². The van der Waals surface area contributed by atoms with E-state index in [-0.39, 0.29) is 11.8 Å². The maximum Gasteiger partial charge on any atom is 0.227 e. The van der Waals surface area contributed by atoms with E-state index in [1.165, 1.54) is 0 Å². The number of rotatable bonds is 4. The molecule has 0 aliphatic carbocycles.